The number of rotatable bonds is 13. The predicted molar refractivity (Wildman–Crippen MR) is 305 cm³/mol. The molecule has 6 fully saturated rings. The Morgan fingerprint density at radius 3 is 1.49 bits per heavy atom. The summed E-state index contributed by atoms with van der Waals surface area (Å²) in [5.74, 6) is 0.515. The summed E-state index contributed by atoms with van der Waals surface area (Å²) in [5.41, 5.74) is 6.69. The summed E-state index contributed by atoms with van der Waals surface area (Å²) in [6, 6.07) is 23.0. The van der Waals surface area contributed by atoms with Crippen molar-refractivity contribution < 1.29 is 37.4 Å². The number of ether oxygens (including phenoxy) is 2. The quantitative estimate of drug-likeness (QED) is 0.0869. The normalized spacial score (nSPS) is 25.5. The Morgan fingerprint density at radius 1 is 0.580 bits per heavy atom. The van der Waals surface area contributed by atoms with Crippen LogP contribution in [-0.2, 0) is 19.1 Å². The van der Waals surface area contributed by atoms with Crippen LogP contribution in [0.4, 0.5) is 29.7 Å². The van der Waals surface area contributed by atoms with Crippen LogP contribution in [0.3, 0.4) is 0 Å². The van der Waals surface area contributed by atoms with Crippen LogP contribution >= 0.6 is 0 Å². The monoisotopic (exact) mass is 1110 g/mol. The van der Waals surface area contributed by atoms with Gasteiger partial charge in [0, 0.05) is 30.9 Å². The SMILES string of the molecule is COC(=O)N[C@H](C(=O)N1[C@H](c2nc3ccc([C@H]4CC[C@H](c5ccc6nc([C@@H]7C[C@@H]8CCC[C@@H]8N7C(=O)[C@@H](NC(=O)OC)C(C)C)[nH]c6c5)N4c4cc(F)c(N5CCC(c6ccccc6)CC5)c(F)c4)cc3[nH]2)C[C@@H]2CCC[C@@H]21)C(C)C. The van der Waals surface area contributed by atoms with E-state index in [2.05, 4.69) is 61.9 Å². The number of anilines is 2. The second kappa shape index (κ2) is 22.3. The first-order valence-electron chi connectivity index (χ1n) is 29.6. The molecule has 0 radical (unpaired) electrons. The van der Waals surface area contributed by atoms with E-state index in [1.807, 2.05) is 72.7 Å². The summed E-state index contributed by atoms with van der Waals surface area (Å²) in [4.78, 5) is 79.6. The number of imidazole rings is 2. The standard InChI is InChI=1S/C63H76F2N10O6/c1-34(2)55(70-62(78)80-5)60(76)74-49-16-10-14-38(49)30-53(74)58-66-45-20-18-40(28-47(45)68-58)51-22-23-52(73(51)42-32-43(64)57(44(65)33-42)72-26-24-37(25-27-72)36-12-8-7-9-13-36)41-19-21-46-48(29-41)69-59(67-46)54-31-39-15-11-17-50(39)75(54)61(77)56(35(3)4)71-63(79)81-6/h7-9,12-13,18-21,28-29,32-35,37-39,49-56H,10-11,14-17,22-27,30-31H2,1-6H3,(H,66,68)(H,67,69)(H,70,78)(H,71,79)/t38-,39-,49-,50-,51+,52+,53-,54-,55-,56-/m0/s1. The third kappa shape index (κ3) is 10.1. The fourth-order valence-electron chi connectivity index (χ4n) is 15.2. The lowest BCUT2D eigenvalue weighted by Crippen LogP contribution is -2.53. The number of likely N-dealkylation sites (tertiary alicyclic amines) is 2. The molecule has 18 heteroatoms. The molecule has 2 aromatic heterocycles. The molecule has 4 amide bonds. The van der Waals surface area contributed by atoms with Gasteiger partial charge in [0.1, 0.15) is 29.4 Å². The molecule has 81 heavy (non-hydrogen) atoms. The van der Waals surface area contributed by atoms with E-state index in [9.17, 15) is 19.2 Å². The maximum absolute atomic E-state index is 17.0. The number of amides is 4. The second-order valence-electron chi connectivity index (χ2n) is 24.5. The fraction of sp³-hybridized carbons (Fsp3) is 0.524. The summed E-state index contributed by atoms with van der Waals surface area (Å²) in [5, 5.41) is 5.61. The third-order valence-corrected chi connectivity index (χ3v) is 19.2. The van der Waals surface area contributed by atoms with Crippen molar-refractivity contribution in [1.29, 1.82) is 0 Å². The zero-order chi connectivity index (χ0) is 56.4. The van der Waals surface area contributed by atoms with E-state index in [0.717, 1.165) is 97.4 Å². The molecule has 4 aliphatic heterocycles. The number of carbonyl (C=O) groups excluding carboxylic acids is 4. The second-order valence-corrected chi connectivity index (χ2v) is 24.5. The summed E-state index contributed by atoms with van der Waals surface area (Å²) < 4.78 is 43.9. The number of piperidine rings is 1. The number of carbonyl (C=O) groups is 4. The Bertz CT molecular complexity index is 3140. The zero-order valence-electron chi connectivity index (χ0n) is 47.3. The van der Waals surface area contributed by atoms with Gasteiger partial charge in [-0.3, -0.25) is 9.59 Å². The van der Waals surface area contributed by atoms with Crippen LogP contribution in [0.1, 0.15) is 163 Å². The van der Waals surface area contributed by atoms with Crippen molar-refractivity contribution in [3.8, 4) is 0 Å². The van der Waals surface area contributed by atoms with Crippen LogP contribution in [0, 0.1) is 35.3 Å². The van der Waals surface area contributed by atoms with E-state index in [1.165, 1.54) is 31.9 Å². The Kier molecular flexibility index (Phi) is 14.9. The maximum atomic E-state index is 17.0. The molecule has 4 aromatic carbocycles. The molecule has 4 N–H and O–H groups in total. The van der Waals surface area contributed by atoms with Gasteiger partial charge in [-0.2, -0.15) is 0 Å². The van der Waals surface area contributed by atoms with E-state index in [1.54, 1.807) is 0 Å². The number of hydrogen-bond donors (Lipinski definition) is 4. The topological polar surface area (TPSA) is 181 Å². The van der Waals surface area contributed by atoms with Crippen molar-refractivity contribution in [2.75, 3.05) is 37.1 Å². The highest BCUT2D eigenvalue weighted by Crippen LogP contribution is 2.52. The average Bonchev–Trinajstić information content (AvgIpc) is 4.45. The lowest BCUT2D eigenvalue weighted by atomic mass is 9.89. The minimum atomic E-state index is -0.767. The Morgan fingerprint density at radius 2 is 1.05 bits per heavy atom. The molecule has 6 heterocycles. The number of alkyl carbamates (subject to hydrolysis) is 2. The van der Waals surface area contributed by atoms with E-state index in [-0.39, 0.29) is 65.6 Å². The van der Waals surface area contributed by atoms with Gasteiger partial charge in [-0.25, -0.2) is 28.3 Å². The lowest BCUT2D eigenvalue weighted by molar-refractivity contribution is -0.138. The molecule has 428 valence electrons. The molecular formula is C63H76F2N10O6. The van der Waals surface area contributed by atoms with Crippen LogP contribution in [0.15, 0.2) is 78.9 Å². The van der Waals surface area contributed by atoms with Crippen molar-refractivity contribution in [1.82, 2.24) is 40.4 Å². The summed E-state index contributed by atoms with van der Waals surface area (Å²) in [7, 11) is 2.60. The number of methoxy groups -OCH3 is 2. The van der Waals surface area contributed by atoms with Crippen LogP contribution in [-0.4, -0.2) is 105 Å². The Labute approximate surface area is 472 Å². The van der Waals surface area contributed by atoms with Crippen molar-refractivity contribution in [2.45, 2.75) is 159 Å². The van der Waals surface area contributed by atoms with Crippen LogP contribution in [0.5, 0.6) is 0 Å². The molecule has 0 spiro atoms. The number of nitrogens with one attached hydrogen (secondary N) is 4. The molecule has 2 saturated carbocycles. The maximum Gasteiger partial charge on any atom is 0.407 e. The van der Waals surface area contributed by atoms with Gasteiger partial charge in [0.05, 0.1) is 60.5 Å². The van der Waals surface area contributed by atoms with E-state index in [4.69, 9.17) is 19.4 Å². The summed E-state index contributed by atoms with van der Waals surface area (Å²) in [6.45, 7) is 8.76. The highest BCUT2D eigenvalue weighted by atomic mass is 19.1. The lowest BCUT2D eigenvalue weighted by Gasteiger charge is -2.36. The molecule has 10 atom stereocenters. The number of aromatic amines is 2. The Balaban J connectivity index is 0.877. The molecule has 16 nitrogen and oxygen atoms in total. The van der Waals surface area contributed by atoms with Crippen molar-refractivity contribution >= 4 is 57.4 Å². The number of hydrogen-bond acceptors (Lipinski definition) is 10. The predicted octanol–water partition coefficient (Wildman–Crippen LogP) is 11.8. The highest BCUT2D eigenvalue weighted by molar-refractivity contribution is 5.88. The van der Waals surface area contributed by atoms with Crippen molar-refractivity contribution in [3.05, 3.63) is 119 Å². The van der Waals surface area contributed by atoms with Crippen molar-refractivity contribution in [2.24, 2.45) is 23.7 Å². The number of benzene rings is 4. The number of aromatic nitrogens is 4. The fourth-order valence-corrected chi connectivity index (χ4v) is 15.2. The largest absolute Gasteiger partial charge is 0.453 e. The van der Waals surface area contributed by atoms with E-state index < -0.39 is 35.9 Å². The molecule has 12 rings (SSSR count). The van der Waals surface area contributed by atoms with E-state index in [0.29, 0.717) is 61.0 Å². The molecular weight excluding hydrogens is 1030 g/mol. The van der Waals surface area contributed by atoms with Crippen LogP contribution in [0.25, 0.3) is 22.1 Å². The molecule has 6 aliphatic rings. The van der Waals surface area contributed by atoms with Gasteiger partial charge >= 0.3 is 12.2 Å². The van der Waals surface area contributed by atoms with Crippen LogP contribution in [0.2, 0.25) is 0 Å². The zero-order valence-corrected chi connectivity index (χ0v) is 47.3. The third-order valence-electron chi connectivity index (χ3n) is 19.2. The minimum absolute atomic E-state index is 0.00381. The van der Waals surface area contributed by atoms with Gasteiger partial charge in [0.25, 0.3) is 0 Å². The van der Waals surface area contributed by atoms with Gasteiger partial charge < -0.3 is 49.7 Å². The number of nitrogens with zero attached hydrogens (tertiary/aromatic N) is 6. The van der Waals surface area contributed by atoms with Crippen molar-refractivity contribution in [3.63, 3.8) is 0 Å². The first kappa shape index (κ1) is 54.4. The molecule has 0 unspecified atom stereocenters. The highest BCUT2D eigenvalue weighted by Gasteiger charge is 2.51. The van der Waals surface area contributed by atoms with Gasteiger partial charge in [-0.15, -0.1) is 0 Å². The van der Waals surface area contributed by atoms with Gasteiger partial charge in [0.2, 0.25) is 11.8 Å². The number of H-pyrrole nitrogens is 2. The average molecular weight is 1110 g/mol. The van der Waals surface area contributed by atoms with E-state index >= 15 is 8.78 Å². The van der Waals surface area contributed by atoms with Gasteiger partial charge in [-0.05, 0) is 147 Å². The number of fused-ring (bicyclic) bond motifs is 4. The van der Waals surface area contributed by atoms with Gasteiger partial charge in [0.15, 0.2) is 11.6 Å². The molecule has 0 bridgehead atoms. The van der Waals surface area contributed by atoms with Crippen LogP contribution < -0.4 is 20.4 Å². The number of halogens is 2. The van der Waals surface area contributed by atoms with Gasteiger partial charge in [-0.1, -0.05) is 83.0 Å². The minimum Gasteiger partial charge on any atom is -0.453 e. The summed E-state index contributed by atoms with van der Waals surface area (Å²) >= 11 is 0. The summed E-state index contributed by atoms with van der Waals surface area (Å²) in [6.07, 6.45) is 9.05. The molecule has 6 aromatic rings. The molecule has 4 saturated heterocycles. The Hall–Kier alpha value is -7.24. The first-order valence-corrected chi connectivity index (χ1v) is 29.6. The smallest absolute Gasteiger partial charge is 0.407 e. The molecule has 2 aliphatic carbocycles. The first-order chi connectivity index (χ1) is 39.2.